The molecular weight excluding hydrogens is 254 g/mol. The van der Waals surface area contributed by atoms with E-state index in [0.717, 1.165) is 25.7 Å². The van der Waals surface area contributed by atoms with Crippen molar-refractivity contribution in [1.29, 1.82) is 0 Å². The summed E-state index contributed by atoms with van der Waals surface area (Å²) in [5, 5.41) is 13.0. The summed E-state index contributed by atoms with van der Waals surface area (Å²) in [6.45, 7) is 6.57. The molecule has 3 atom stereocenters. The summed E-state index contributed by atoms with van der Waals surface area (Å²) >= 11 is 0. The van der Waals surface area contributed by atoms with Gasteiger partial charge in [0.1, 0.15) is 5.54 Å². The lowest BCUT2D eigenvalue weighted by molar-refractivity contribution is -0.151. The first kappa shape index (κ1) is 15.8. The molecule has 0 aliphatic heterocycles. The third kappa shape index (κ3) is 3.73. The quantitative estimate of drug-likeness (QED) is 0.754. The van der Waals surface area contributed by atoms with Crippen LogP contribution in [0.1, 0.15) is 59.3 Å². The Morgan fingerprint density at radius 3 is 2.55 bits per heavy atom. The summed E-state index contributed by atoms with van der Waals surface area (Å²) in [6.07, 6.45) is 6.86. The fourth-order valence-electron chi connectivity index (χ4n) is 3.45. The molecule has 0 heterocycles. The van der Waals surface area contributed by atoms with Crippen molar-refractivity contribution in [3.05, 3.63) is 0 Å². The first-order valence-electron chi connectivity index (χ1n) is 8.06. The van der Waals surface area contributed by atoms with Crippen LogP contribution in [-0.4, -0.2) is 35.4 Å². The lowest BCUT2D eigenvalue weighted by atomic mass is 9.88. The van der Waals surface area contributed by atoms with Crippen LogP contribution >= 0.6 is 0 Å². The Hall–Kier alpha value is -0.610. The zero-order chi connectivity index (χ0) is 14.8. The predicted octanol–water partition coefficient (Wildman–Crippen LogP) is 2.81. The molecule has 0 aromatic rings. The second-order valence-electron chi connectivity index (χ2n) is 7.05. The number of carboxylic acid groups (broad SMARTS) is 1. The summed E-state index contributed by atoms with van der Waals surface area (Å²) in [5.74, 6) is 0.174. The van der Waals surface area contributed by atoms with E-state index in [2.05, 4.69) is 12.2 Å². The van der Waals surface area contributed by atoms with Gasteiger partial charge in [-0.1, -0.05) is 19.8 Å². The van der Waals surface area contributed by atoms with Gasteiger partial charge in [0.15, 0.2) is 0 Å². The molecule has 0 aromatic carbocycles. The molecule has 0 radical (unpaired) electrons. The Balaban J connectivity index is 1.98. The maximum absolute atomic E-state index is 11.8. The topological polar surface area (TPSA) is 58.6 Å². The van der Waals surface area contributed by atoms with Crippen molar-refractivity contribution in [1.82, 2.24) is 5.32 Å². The lowest BCUT2D eigenvalue weighted by Gasteiger charge is -2.35. The molecule has 0 bridgehead atoms. The van der Waals surface area contributed by atoms with Gasteiger partial charge in [-0.15, -0.1) is 0 Å². The van der Waals surface area contributed by atoms with Crippen molar-refractivity contribution >= 4 is 5.97 Å². The largest absolute Gasteiger partial charge is 0.480 e. The predicted molar refractivity (Wildman–Crippen MR) is 78.7 cm³/mol. The van der Waals surface area contributed by atoms with Crippen LogP contribution in [0.4, 0.5) is 0 Å². The molecule has 2 rings (SSSR count). The Kier molecular flexibility index (Phi) is 5.08. The highest BCUT2D eigenvalue weighted by Crippen LogP contribution is 2.41. The summed E-state index contributed by atoms with van der Waals surface area (Å²) in [7, 11) is 0. The van der Waals surface area contributed by atoms with Gasteiger partial charge in [-0.2, -0.15) is 0 Å². The first-order chi connectivity index (χ1) is 9.44. The molecule has 2 fully saturated rings. The Labute approximate surface area is 122 Å². The second-order valence-corrected chi connectivity index (χ2v) is 7.05. The Morgan fingerprint density at radius 1 is 1.35 bits per heavy atom. The van der Waals surface area contributed by atoms with Crippen molar-refractivity contribution in [3.8, 4) is 0 Å². The van der Waals surface area contributed by atoms with Gasteiger partial charge < -0.3 is 9.84 Å². The Morgan fingerprint density at radius 2 is 2.05 bits per heavy atom. The van der Waals surface area contributed by atoms with Crippen LogP contribution in [-0.2, 0) is 9.53 Å². The van der Waals surface area contributed by atoms with Gasteiger partial charge in [0, 0.05) is 6.04 Å². The van der Waals surface area contributed by atoms with Gasteiger partial charge >= 0.3 is 5.97 Å². The van der Waals surface area contributed by atoms with Crippen LogP contribution in [0.25, 0.3) is 0 Å². The number of nitrogens with one attached hydrogen (secondary N) is 1. The molecule has 0 amide bonds. The van der Waals surface area contributed by atoms with Crippen molar-refractivity contribution in [2.24, 2.45) is 11.8 Å². The third-order valence-electron chi connectivity index (χ3n) is 4.64. The highest BCUT2D eigenvalue weighted by Gasteiger charge is 2.52. The number of carboxylic acids is 1. The average molecular weight is 283 g/mol. The normalized spacial score (nSPS) is 30.2. The van der Waals surface area contributed by atoms with Crippen LogP contribution in [0, 0.1) is 11.8 Å². The molecule has 3 unspecified atom stereocenters. The minimum Gasteiger partial charge on any atom is -0.480 e. The van der Waals surface area contributed by atoms with Gasteiger partial charge in [0.2, 0.25) is 0 Å². The maximum atomic E-state index is 11.8. The molecule has 2 N–H and O–H groups in total. The summed E-state index contributed by atoms with van der Waals surface area (Å²) in [6, 6.07) is 0.153. The molecule has 116 valence electrons. The molecular formula is C16H29NO3. The van der Waals surface area contributed by atoms with Crippen molar-refractivity contribution < 1.29 is 14.6 Å². The standard InChI is InChI=1S/C16H29NO3/c1-11(2)17-16(15(18)19,13-7-8-13)10-20-14-6-4-5-12(3)9-14/h11-14,17H,4-10H2,1-3H3,(H,18,19). The van der Waals surface area contributed by atoms with Gasteiger partial charge in [0.25, 0.3) is 0 Å². The van der Waals surface area contributed by atoms with Crippen LogP contribution in [0.3, 0.4) is 0 Å². The van der Waals surface area contributed by atoms with Gasteiger partial charge in [0.05, 0.1) is 12.7 Å². The number of hydrogen-bond acceptors (Lipinski definition) is 3. The van der Waals surface area contributed by atoms with Crippen LogP contribution in [0.2, 0.25) is 0 Å². The van der Waals surface area contributed by atoms with Crippen LogP contribution in [0.15, 0.2) is 0 Å². The average Bonchev–Trinajstić information content (AvgIpc) is 3.18. The van der Waals surface area contributed by atoms with E-state index in [0.29, 0.717) is 12.5 Å². The van der Waals surface area contributed by atoms with Crippen LogP contribution < -0.4 is 5.32 Å². The van der Waals surface area contributed by atoms with E-state index in [9.17, 15) is 9.90 Å². The van der Waals surface area contributed by atoms with Crippen molar-refractivity contribution in [3.63, 3.8) is 0 Å². The van der Waals surface area contributed by atoms with Crippen molar-refractivity contribution in [2.75, 3.05) is 6.61 Å². The number of rotatable bonds is 7. The van der Waals surface area contributed by atoms with Crippen LogP contribution in [0.5, 0.6) is 0 Å². The number of ether oxygens (including phenoxy) is 1. The van der Waals surface area contributed by atoms with E-state index in [1.165, 1.54) is 12.8 Å². The smallest absolute Gasteiger partial charge is 0.326 e. The molecule has 2 aliphatic carbocycles. The van der Waals surface area contributed by atoms with Crippen molar-refractivity contribution in [2.45, 2.75) is 77.0 Å². The SMILES string of the molecule is CC1CCCC(OCC(NC(C)C)(C(=O)O)C2CC2)C1. The molecule has 0 aromatic heterocycles. The van der Waals surface area contributed by atoms with E-state index < -0.39 is 11.5 Å². The molecule has 0 saturated heterocycles. The monoisotopic (exact) mass is 283 g/mol. The van der Waals surface area contributed by atoms with E-state index in [1.807, 2.05) is 13.8 Å². The van der Waals surface area contributed by atoms with Gasteiger partial charge in [-0.25, -0.2) is 0 Å². The summed E-state index contributed by atoms with van der Waals surface area (Å²) < 4.78 is 6.04. The number of aliphatic carboxylic acids is 1. The van der Waals surface area contributed by atoms with E-state index in [4.69, 9.17) is 4.74 Å². The highest BCUT2D eigenvalue weighted by molar-refractivity contribution is 5.80. The van der Waals surface area contributed by atoms with E-state index >= 15 is 0 Å². The summed E-state index contributed by atoms with van der Waals surface area (Å²) in [4.78, 5) is 11.8. The molecule has 20 heavy (non-hydrogen) atoms. The third-order valence-corrected chi connectivity index (χ3v) is 4.64. The molecule has 4 heteroatoms. The fourth-order valence-corrected chi connectivity index (χ4v) is 3.45. The zero-order valence-electron chi connectivity index (χ0n) is 13.0. The fraction of sp³-hybridized carbons (Fsp3) is 0.938. The molecule has 4 nitrogen and oxygen atoms in total. The van der Waals surface area contributed by atoms with E-state index in [1.54, 1.807) is 0 Å². The highest BCUT2D eigenvalue weighted by atomic mass is 16.5. The Bertz CT molecular complexity index is 341. The maximum Gasteiger partial charge on any atom is 0.326 e. The van der Waals surface area contributed by atoms with E-state index in [-0.39, 0.29) is 18.1 Å². The number of hydrogen-bond donors (Lipinski definition) is 2. The molecule has 0 spiro atoms. The molecule has 2 aliphatic rings. The number of carbonyl (C=O) groups is 1. The second kappa shape index (κ2) is 6.44. The van der Waals surface area contributed by atoms with Gasteiger partial charge in [-0.05, 0) is 51.4 Å². The molecule has 2 saturated carbocycles. The minimum absolute atomic E-state index is 0.153. The van der Waals surface area contributed by atoms with Gasteiger partial charge in [-0.3, -0.25) is 10.1 Å². The summed E-state index contributed by atoms with van der Waals surface area (Å²) in [5.41, 5.74) is -0.880. The minimum atomic E-state index is -0.880. The lowest BCUT2D eigenvalue weighted by Crippen LogP contribution is -2.60. The first-order valence-corrected chi connectivity index (χ1v) is 8.06. The zero-order valence-corrected chi connectivity index (χ0v) is 13.0.